The number of morpholine rings is 1. The van der Waals surface area contributed by atoms with Crippen LogP contribution in [0.5, 0.6) is 0 Å². The maximum atomic E-state index is 6.14. The number of halogens is 1. The highest BCUT2D eigenvalue weighted by atomic mass is 127. The fraction of sp³-hybridized carbons (Fsp3) is 0.435. The van der Waals surface area contributed by atoms with Crippen LogP contribution >= 0.6 is 24.0 Å². The van der Waals surface area contributed by atoms with Crippen molar-refractivity contribution in [3.8, 4) is 0 Å². The Labute approximate surface area is 205 Å². The van der Waals surface area contributed by atoms with Crippen molar-refractivity contribution in [2.24, 2.45) is 4.99 Å². The highest BCUT2D eigenvalue weighted by molar-refractivity contribution is 14.0. The predicted octanol–water partition coefficient (Wildman–Crippen LogP) is 2.40. The zero-order chi connectivity index (χ0) is 21.0. The van der Waals surface area contributed by atoms with Crippen LogP contribution in [0.15, 0.2) is 59.7 Å². The van der Waals surface area contributed by atoms with Gasteiger partial charge in [0.25, 0.3) is 0 Å². The summed E-state index contributed by atoms with van der Waals surface area (Å²) in [5.74, 6) is 1.75. The van der Waals surface area contributed by atoms with Gasteiger partial charge < -0.3 is 15.0 Å². The van der Waals surface area contributed by atoms with Gasteiger partial charge in [-0.05, 0) is 24.6 Å². The van der Waals surface area contributed by atoms with Gasteiger partial charge in [0, 0.05) is 38.9 Å². The summed E-state index contributed by atoms with van der Waals surface area (Å²) < 4.78 is 8.13. The minimum atomic E-state index is 0. The molecule has 4 heterocycles. The molecule has 0 saturated carbocycles. The van der Waals surface area contributed by atoms with Crippen LogP contribution in [-0.2, 0) is 17.8 Å². The molecular weight excluding hydrogens is 517 g/mol. The van der Waals surface area contributed by atoms with Gasteiger partial charge in [-0.25, -0.2) is 4.99 Å². The molecule has 0 amide bonds. The summed E-state index contributed by atoms with van der Waals surface area (Å²) in [6.07, 6.45) is 2.18. The molecule has 0 bridgehead atoms. The number of hydrogen-bond donors (Lipinski definition) is 1. The number of nitrogens with zero attached hydrogens (tertiary/aromatic N) is 6. The molecule has 8 nitrogen and oxygen atoms in total. The van der Waals surface area contributed by atoms with Crippen LogP contribution in [0.4, 0.5) is 0 Å². The first-order valence-corrected chi connectivity index (χ1v) is 11.0. The van der Waals surface area contributed by atoms with E-state index in [-0.39, 0.29) is 30.1 Å². The molecule has 170 valence electrons. The van der Waals surface area contributed by atoms with E-state index in [1.54, 1.807) is 0 Å². The summed E-state index contributed by atoms with van der Waals surface area (Å²) in [6.45, 7) is 7.85. The Bertz CT molecular complexity index is 1040. The number of pyridine rings is 1. The third-order valence-electron chi connectivity index (χ3n) is 6.03. The van der Waals surface area contributed by atoms with E-state index in [1.807, 2.05) is 28.8 Å². The lowest BCUT2D eigenvalue weighted by atomic mass is 10.1. The molecule has 9 heteroatoms. The average Bonchev–Trinajstić information content (AvgIpc) is 3.42. The first-order valence-electron chi connectivity index (χ1n) is 11.0. The average molecular weight is 547 g/mol. The van der Waals surface area contributed by atoms with Gasteiger partial charge in [-0.15, -0.1) is 34.2 Å². The van der Waals surface area contributed by atoms with E-state index in [2.05, 4.69) is 62.6 Å². The number of aliphatic imine (C=N–C) groups is 1. The molecule has 1 N–H and O–H groups in total. The van der Waals surface area contributed by atoms with Crippen LogP contribution in [0.1, 0.15) is 18.3 Å². The van der Waals surface area contributed by atoms with Crippen LogP contribution in [0.2, 0.25) is 0 Å². The molecule has 0 spiro atoms. The maximum Gasteiger partial charge on any atom is 0.194 e. The van der Waals surface area contributed by atoms with Crippen molar-refractivity contribution in [3.63, 3.8) is 0 Å². The second-order valence-electron chi connectivity index (χ2n) is 8.05. The van der Waals surface area contributed by atoms with Gasteiger partial charge in [0.05, 0.1) is 18.8 Å². The minimum absolute atomic E-state index is 0. The van der Waals surface area contributed by atoms with Crippen LogP contribution in [0.3, 0.4) is 0 Å². The van der Waals surface area contributed by atoms with Gasteiger partial charge in [0.2, 0.25) is 0 Å². The second kappa shape index (κ2) is 10.6. The van der Waals surface area contributed by atoms with E-state index < -0.39 is 0 Å². The zero-order valence-corrected chi connectivity index (χ0v) is 20.6. The highest BCUT2D eigenvalue weighted by Crippen LogP contribution is 2.24. The number of likely N-dealkylation sites (tertiary alicyclic amines) is 1. The monoisotopic (exact) mass is 547 g/mol. The molecule has 1 aromatic carbocycles. The van der Waals surface area contributed by atoms with E-state index in [0.717, 1.165) is 56.8 Å². The van der Waals surface area contributed by atoms with Gasteiger partial charge in [0.1, 0.15) is 6.54 Å². The van der Waals surface area contributed by atoms with E-state index in [1.165, 1.54) is 5.56 Å². The zero-order valence-electron chi connectivity index (χ0n) is 18.3. The molecule has 2 fully saturated rings. The van der Waals surface area contributed by atoms with E-state index in [4.69, 9.17) is 9.73 Å². The molecule has 32 heavy (non-hydrogen) atoms. The molecule has 5 rings (SSSR count). The van der Waals surface area contributed by atoms with Crippen LogP contribution < -0.4 is 5.32 Å². The Hall–Kier alpha value is -2.24. The number of benzene rings is 1. The number of hydrogen-bond acceptors (Lipinski definition) is 5. The topological polar surface area (TPSA) is 70.3 Å². The number of guanidine groups is 1. The van der Waals surface area contributed by atoms with Crippen molar-refractivity contribution >= 4 is 35.6 Å². The number of aromatic nitrogens is 3. The summed E-state index contributed by atoms with van der Waals surface area (Å²) in [5.41, 5.74) is 2.19. The Kier molecular flexibility index (Phi) is 7.59. The third kappa shape index (κ3) is 4.89. The Morgan fingerprint density at radius 3 is 2.81 bits per heavy atom. The van der Waals surface area contributed by atoms with E-state index in [9.17, 15) is 0 Å². The molecule has 2 aliphatic rings. The lowest BCUT2D eigenvalue weighted by Crippen LogP contribution is -2.50. The third-order valence-corrected chi connectivity index (χ3v) is 6.03. The van der Waals surface area contributed by atoms with Gasteiger partial charge in [-0.3, -0.25) is 9.30 Å². The number of fused-ring (bicyclic) bond motifs is 2. The van der Waals surface area contributed by atoms with E-state index in [0.29, 0.717) is 12.6 Å². The van der Waals surface area contributed by atoms with Gasteiger partial charge in [0.15, 0.2) is 17.4 Å². The van der Waals surface area contributed by atoms with Crippen molar-refractivity contribution in [1.29, 1.82) is 0 Å². The molecule has 2 atom stereocenters. The lowest BCUT2D eigenvalue weighted by Gasteiger charge is -2.36. The predicted molar refractivity (Wildman–Crippen MR) is 135 cm³/mol. The molecular formula is C23H30IN7O. The molecule has 2 unspecified atom stereocenters. The second-order valence-corrected chi connectivity index (χ2v) is 8.05. The molecule has 2 aromatic heterocycles. The molecule has 2 saturated heterocycles. The largest absolute Gasteiger partial charge is 0.373 e. The summed E-state index contributed by atoms with van der Waals surface area (Å²) in [4.78, 5) is 9.77. The highest BCUT2D eigenvalue weighted by Gasteiger charge is 2.41. The Morgan fingerprint density at radius 2 is 1.97 bits per heavy atom. The van der Waals surface area contributed by atoms with Crippen LogP contribution in [0, 0.1) is 0 Å². The Balaban J connectivity index is 0.00000245. The smallest absolute Gasteiger partial charge is 0.194 e. The fourth-order valence-electron chi connectivity index (χ4n) is 4.52. The first kappa shape index (κ1) is 22.9. The number of rotatable bonds is 5. The first-order chi connectivity index (χ1) is 15.3. The summed E-state index contributed by atoms with van der Waals surface area (Å²) in [7, 11) is 0. The normalized spacial score (nSPS) is 21.4. The molecule has 0 radical (unpaired) electrons. The van der Waals surface area contributed by atoms with Crippen molar-refractivity contribution < 1.29 is 4.74 Å². The van der Waals surface area contributed by atoms with Crippen molar-refractivity contribution in [2.75, 3.05) is 32.8 Å². The fourth-order valence-corrected chi connectivity index (χ4v) is 4.52. The summed E-state index contributed by atoms with van der Waals surface area (Å²) >= 11 is 0. The molecule has 3 aromatic rings. The van der Waals surface area contributed by atoms with Gasteiger partial charge in [-0.2, -0.15) is 0 Å². The quantitative estimate of drug-likeness (QED) is 0.301. The van der Waals surface area contributed by atoms with Crippen LogP contribution in [0.25, 0.3) is 5.65 Å². The molecule has 2 aliphatic heterocycles. The summed E-state index contributed by atoms with van der Waals surface area (Å²) in [5, 5.41) is 12.0. The van der Waals surface area contributed by atoms with Crippen molar-refractivity contribution in [2.45, 2.75) is 32.2 Å². The summed E-state index contributed by atoms with van der Waals surface area (Å²) in [6, 6.07) is 17.0. The van der Waals surface area contributed by atoms with E-state index >= 15 is 0 Å². The number of nitrogens with one attached hydrogen (secondary N) is 1. The SMILES string of the molecule is CCNC(=NCc1nnc2ccccn12)N1CC2OCCN(Cc3ccccc3)C2C1.I. The molecule has 0 aliphatic carbocycles. The number of ether oxygens (including phenoxy) is 1. The lowest BCUT2D eigenvalue weighted by molar-refractivity contribution is -0.0502. The van der Waals surface area contributed by atoms with Gasteiger partial charge in [-0.1, -0.05) is 36.4 Å². The van der Waals surface area contributed by atoms with Crippen molar-refractivity contribution in [3.05, 3.63) is 66.1 Å². The van der Waals surface area contributed by atoms with Crippen LogP contribution in [-0.4, -0.2) is 75.3 Å². The minimum Gasteiger partial charge on any atom is -0.373 e. The maximum absolute atomic E-state index is 6.14. The Morgan fingerprint density at radius 1 is 1.12 bits per heavy atom. The van der Waals surface area contributed by atoms with Crippen molar-refractivity contribution in [1.82, 2.24) is 29.7 Å². The van der Waals surface area contributed by atoms with Gasteiger partial charge >= 0.3 is 0 Å². The standard InChI is InChI=1S/C23H29N7O.HI/c1-2-24-23(25-14-22-27-26-21-10-6-7-11-30(21)22)29-16-19-20(17-29)31-13-12-28(19)15-18-8-4-3-5-9-18;/h3-11,19-20H,2,12-17H2,1H3,(H,24,25);1H.